The number of hydrogen-bond acceptors (Lipinski definition) is 4. The SMILES string of the molecule is CC(C)(C)OC(=O)N1CC=C(c2cc[nH]c3cnc4nccc4c23)CC1. The van der Waals surface area contributed by atoms with Crippen molar-refractivity contribution in [2.24, 2.45) is 0 Å². The Balaban J connectivity index is 1.67. The lowest BCUT2D eigenvalue weighted by atomic mass is 9.95. The van der Waals surface area contributed by atoms with Crippen LogP contribution in [-0.4, -0.2) is 44.6 Å². The molecule has 4 heterocycles. The average molecular weight is 350 g/mol. The van der Waals surface area contributed by atoms with Crippen LogP contribution < -0.4 is 0 Å². The van der Waals surface area contributed by atoms with E-state index in [-0.39, 0.29) is 6.09 Å². The molecule has 1 N–H and O–H groups in total. The molecule has 0 bridgehead atoms. The van der Waals surface area contributed by atoms with E-state index < -0.39 is 5.60 Å². The highest BCUT2D eigenvalue weighted by Gasteiger charge is 2.24. The number of H-pyrrole nitrogens is 1. The summed E-state index contributed by atoms with van der Waals surface area (Å²) >= 11 is 0. The van der Waals surface area contributed by atoms with Crippen LogP contribution in [0.4, 0.5) is 4.79 Å². The second-order valence-corrected chi connectivity index (χ2v) is 7.53. The van der Waals surface area contributed by atoms with Gasteiger partial charge in [0.25, 0.3) is 0 Å². The monoisotopic (exact) mass is 350 g/mol. The second-order valence-electron chi connectivity index (χ2n) is 7.53. The summed E-state index contributed by atoms with van der Waals surface area (Å²) in [5, 5.41) is 2.18. The summed E-state index contributed by atoms with van der Waals surface area (Å²) in [6, 6.07) is 4.09. The van der Waals surface area contributed by atoms with Gasteiger partial charge in [-0.25, -0.2) is 14.8 Å². The smallest absolute Gasteiger partial charge is 0.410 e. The third-order valence-electron chi connectivity index (χ3n) is 4.50. The fourth-order valence-electron chi connectivity index (χ4n) is 3.33. The molecule has 0 atom stereocenters. The summed E-state index contributed by atoms with van der Waals surface area (Å²) in [6.45, 7) is 6.86. The van der Waals surface area contributed by atoms with Crippen molar-refractivity contribution in [1.29, 1.82) is 0 Å². The molecule has 0 radical (unpaired) electrons. The Bertz CT molecular complexity index is 1010. The molecule has 0 fully saturated rings. The van der Waals surface area contributed by atoms with Gasteiger partial charge in [-0.3, -0.25) is 0 Å². The normalized spacial score (nSPS) is 15.3. The Hall–Kier alpha value is -2.89. The molecule has 1 aliphatic heterocycles. The summed E-state index contributed by atoms with van der Waals surface area (Å²) in [4.78, 5) is 26.0. The number of nitrogens with zero attached hydrogens (tertiary/aromatic N) is 3. The lowest BCUT2D eigenvalue weighted by molar-refractivity contribution is 0.0270. The third-order valence-corrected chi connectivity index (χ3v) is 4.50. The Morgan fingerprint density at radius 2 is 2.12 bits per heavy atom. The number of aromatic nitrogens is 3. The number of nitrogens with one attached hydrogen (secondary N) is 1. The number of amides is 1. The number of carbonyl (C=O) groups excluding carboxylic acids is 1. The number of fused-ring (bicyclic) bond motifs is 3. The number of hydrogen-bond donors (Lipinski definition) is 1. The van der Waals surface area contributed by atoms with Crippen LogP contribution >= 0.6 is 0 Å². The van der Waals surface area contributed by atoms with Gasteiger partial charge in [0.1, 0.15) is 5.60 Å². The van der Waals surface area contributed by atoms with Crippen LogP contribution in [0.2, 0.25) is 0 Å². The Labute approximate surface area is 151 Å². The van der Waals surface area contributed by atoms with Crippen LogP contribution in [0.25, 0.3) is 27.5 Å². The lowest BCUT2D eigenvalue weighted by Gasteiger charge is -2.29. The van der Waals surface area contributed by atoms with Crippen molar-refractivity contribution in [3.8, 4) is 0 Å². The fourth-order valence-corrected chi connectivity index (χ4v) is 3.33. The fraction of sp³-hybridized carbons (Fsp3) is 0.350. The van der Waals surface area contributed by atoms with Gasteiger partial charge in [-0.1, -0.05) is 6.08 Å². The molecule has 0 aromatic carbocycles. The van der Waals surface area contributed by atoms with E-state index in [0.29, 0.717) is 13.1 Å². The predicted octanol–water partition coefficient (Wildman–Crippen LogP) is 4.14. The van der Waals surface area contributed by atoms with Crippen molar-refractivity contribution in [1.82, 2.24) is 19.9 Å². The van der Waals surface area contributed by atoms with Gasteiger partial charge in [-0.05, 0) is 50.5 Å². The van der Waals surface area contributed by atoms with E-state index in [2.05, 4.69) is 27.1 Å². The maximum atomic E-state index is 12.3. The zero-order valence-corrected chi connectivity index (χ0v) is 15.2. The van der Waals surface area contributed by atoms with E-state index >= 15 is 0 Å². The topological polar surface area (TPSA) is 71.1 Å². The van der Waals surface area contributed by atoms with Crippen molar-refractivity contribution < 1.29 is 9.53 Å². The average Bonchev–Trinajstić information content (AvgIpc) is 3.09. The van der Waals surface area contributed by atoms with Crippen molar-refractivity contribution >= 4 is 33.6 Å². The summed E-state index contributed by atoms with van der Waals surface area (Å²) in [6.07, 6.45) is 8.19. The maximum Gasteiger partial charge on any atom is 0.410 e. The first-order valence-electron chi connectivity index (χ1n) is 8.80. The first-order chi connectivity index (χ1) is 12.4. The number of carbonyl (C=O) groups is 1. The van der Waals surface area contributed by atoms with Gasteiger partial charge in [0.05, 0.1) is 11.7 Å². The molecule has 3 aromatic heterocycles. The molecule has 0 spiro atoms. The highest BCUT2D eigenvalue weighted by molar-refractivity contribution is 6.08. The molecular weight excluding hydrogens is 328 g/mol. The molecule has 0 aliphatic carbocycles. The van der Waals surface area contributed by atoms with E-state index in [9.17, 15) is 4.79 Å². The largest absolute Gasteiger partial charge is 0.444 e. The minimum absolute atomic E-state index is 0.258. The number of aromatic amines is 1. The van der Waals surface area contributed by atoms with E-state index in [1.807, 2.05) is 39.2 Å². The predicted molar refractivity (Wildman–Crippen MR) is 102 cm³/mol. The third kappa shape index (κ3) is 3.03. The summed E-state index contributed by atoms with van der Waals surface area (Å²) in [5.74, 6) is 0. The Kier molecular flexibility index (Phi) is 3.90. The molecule has 0 saturated carbocycles. The molecule has 26 heavy (non-hydrogen) atoms. The molecule has 0 unspecified atom stereocenters. The zero-order valence-electron chi connectivity index (χ0n) is 15.2. The number of ether oxygens (including phenoxy) is 1. The molecule has 1 amide bonds. The highest BCUT2D eigenvalue weighted by Crippen LogP contribution is 2.32. The standard InChI is InChI=1S/C20H22N4O2/c1-20(2,3)26-19(25)24-10-6-13(7-11-24)14-4-8-21-16-12-23-18-15(17(14)16)5-9-22-18/h4-6,8-9,12,21H,7,10-11H2,1-3H3. The van der Waals surface area contributed by atoms with Crippen molar-refractivity contribution in [2.75, 3.05) is 13.1 Å². The Morgan fingerprint density at radius 3 is 2.85 bits per heavy atom. The van der Waals surface area contributed by atoms with Gasteiger partial charge in [0.15, 0.2) is 5.65 Å². The Morgan fingerprint density at radius 1 is 1.27 bits per heavy atom. The summed E-state index contributed by atoms with van der Waals surface area (Å²) in [7, 11) is 0. The minimum atomic E-state index is -0.476. The van der Waals surface area contributed by atoms with E-state index in [1.165, 1.54) is 11.1 Å². The van der Waals surface area contributed by atoms with E-state index in [1.54, 1.807) is 11.1 Å². The van der Waals surface area contributed by atoms with Gasteiger partial charge >= 0.3 is 6.09 Å². The van der Waals surface area contributed by atoms with Crippen molar-refractivity contribution in [3.05, 3.63) is 42.4 Å². The number of pyridine rings is 2. The summed E-state index contributed by atoms with van der Waals surface area (Å²) < 4.78 is 5.47. The van der Waals surface area contributed by atoms with Crippen LogP contribution in [0.5, 0.6) is 0 Å². The quantitative estimate of drug-likeness (QED) is 0.716. The van der Waals surface area contributed by atoms with Gasteiger partial charge in [-0.15, -0.1) is 0 Å². The van der Waals surface area contributed by atoms with Crippen LogP contribution in [-0.2, 0) is 4.74 Å². The molecule has 134 valence electrons. The molecule has 6 nitrogen and oxygen atoms in total. The van der Waals surface area contributed by atoms with Crippen molar-refractivity contribution in [3.63, 3.8) is 0 Å². The van der Waals surface area contributed by atoms with Gasteiger partial charge < -0.3 is 14.6 Å². The van der Waals surface area contributed by atoms with Crippen LogP contribution in [0, 0.1) is 0 Å². The molecule has 1 aliphatic rings. The molecular formula is C20H22N4O2. The lowest BCUT2D eigenvalue weighted by Crippen LogP contribution is -2.39. The van der Waals surface area contributed by atoms with Crippen LogP contribution in [0.1, 0.15) is 32.8 Å². The maximum absolute atomic E-state index is 12.3. The second kappa shape index (κ2) is 6.12. The molecule has 3 aromatic rings. The minimum Gasteiger partial charge on any atom is -0.444 e. The van der Waals surface area contributed by atoms with Crippen LogP contribution in [0.3, 0.4) is 0 Å². The van der Waals surface area contributed by atoms with Gasteiger partial charge in [0.2, 0.25) is 0 Å². The van der Waals surface area contributed by atoms with E-state index in [4.69, 9.17) is 4.74 Å². The first kappa shape index (κ1) is 16.6. The molecule has 0 saturated heterocycles. The summed E-state index contributed by atoms with van der Waals surface area (Å²) in [5.41, 5.74) is 3.67. The highest BCUT2D eigenvalue weighted by atomic mass is 16.6. The first-order valence-corrected chi connectivity index (χ1v) is 8.80. The van der Waals surface area contributed by atoms with Crippen molar-refractivity contribution in [2.45, 2.75) is 32.8 Å². The molecule has 6 heteroatoms. The van der Waals surface area contributed by atoms with E-state index in [0.717, 1.165) is 28.4 Å². The van der Waals surface area contributed by atoms with Crippen LogP contribution in [0.15, 0.2) is 36.8 Å². The molecule has 4 rings (SSSR count). The van der Waals surface area contributed by atoms with Gasteiger partial charge in [0, 0.05) is 36.3 Å². The number of rotatable bonds is 1. The zero-order chi connectivity index (χ0) is 18.3. The van der Waals surface area contributed by atoms with Gasteiger partial charge in [-0.2, -0.15) is 0 Å².